The molecule has 0 amide bonds. The normalized spacial score (nSPS) is 15.8. The van der Waals surface area contributed by atoms with Gasteiger partial charge in [-0.3, -0.25) is 14.3 Å². The zero-order chi connectivity index (χ0) is 18.0. The van der Waals surface area contributed by atoms with Crippen LogP contribution in [0, 0.1) is 0 Å². The van der Waals surface area contributed by atoms with Crippen LogP contribution in [0.3, 0.4) is 0 Å². The third-order valence-corrected chi connectivity index (χ3v) is 4.32. The molecule has 1 atom stereocenters. The van der Waals surface area contributed by atoms with Crippen molar-refractivity contribution in [3.05, 3.63) is 33.5 Å². The van der Waals surface area contributed by atoms with E-state index in [4.69, 9.17) is 4.74 Å². The first kappa shape index (κ1) is 17.4. The lowest BCUT2D eigenvalue weighted by Gasteiger charge is -2.20. The maximum Gasteiger partial charge on any atom is 0.329 e. The molecule has 2 aromatic heterocycles. The van der Waals surface area contributed by atoms with Crippen molar-refractivity contribution in [2.45, 2.75) is 25.5 Å². The predicted molar refractivity (Wildman–Crippen MR) is 94.1 cm³/mol. The molecule has 25 heavy (non-hydrogen) atoms. The summed E-state index contributed by atoms with van der Waals surface area (Å²) < 4.78 is 8.28. The summed E-state index contributed by atoms with van der Waals surface area (Å²) in [6.45, 7) is 5.84. The van der Waals surface area contributed by atoms with Crippen molar-refractivity contribution >= 4 is 17.1 Å². The number of aliphatic hydroxyl groups is 1. The van der Waals surface area contributed by atoms with Gasteiger partial charge in [0.25, 0.3) is 5.56 Å². The quantitative estimate of drug-likeness (QED) is 0.520. The van der Waals surface area contributed by atoms with E-state index in [2.05, 4.69) is 21.4 Å². The first-order valence-electron chi connectivity index (χ1n) is 8.34. The zero-order valence-electron chi connectivity index (χ0n) is 14.3. The number of nitrogens with zero attached hydrogens (tertiary/aromatic N) is 4. The summed E-state index contributed by atoms with van der Waals surface area (Å²) in [5.41, 5.74) is -0.415. The van der Waals surface area contributed by atoms with Crippen LogP contribution < -0.4 is 16.1 Å². The molecule has 0 spiro atoms. The zero-order valence-corrected chi connectivity index (χ0v) is 14.3. The topological polar surface area (TPSA) is 105 Å². The number of nitrogens with one attached hydrogen (secondary N) is 1. The molecule has 2 N–H and O–H groups in total. The van der Waals surface area contributed by atoms with Crippen LogP contribution in [0.15, 0.2) is 22.2 Å². The SMILES string of the molecule is C=CCOCC(O)Cn1c(N2CCCC2)nc2c1c(=O)[nH]c(=O)n2C. The highest BCUT2D eigenvalue weighted by Gasteiger charge is 2.24. The van der Waals surface area contributed by atoms with Gasteiger partial charge in [-0.25, -0.2) is 4.79 Å². The minimum Gasteiger partial charge on any atom is -0.389 e. The van der Waals surface area contributed by atoms with Crippen molar-refractivity contribution in [2.24, 2.45) is 7.05 Å². The Labute approximate surface area is 144 Å². The summed E-state index contributed by atoms with van der Waals surface area (Å²) in [4.78, 5) is 33.1. The highest BCUT2D eigenvalue weighted by molar-refractivity contribution is 5.74. The molecular weight excluding hydrogens is 326 g/mol. The number of H-pyrrole nitrogens is 1. The van der Waals surface area contributed by atoms with Gasteiger partial charge in [-0.15, -0.1) is 6.58 Å². The smallest absolute Gasteiger partial charge is 0.329 e. The van der Waals surface area contributed by atoms with E-state index in [1.807, 2.05) is 0 Å². The molecule has 2 aromatic rings. The molecule has 0 saturated carbocycles. The average Bonchev–Trinajstić information content (AvgIpc) is 3.21. The Hall–Kier alpha value is -2.39. The molecule has 0 aromatic carbocycles. The van der Waals surface area contributed by atoms with Gasteiger partial charge in [0.05, 0.1) is 25.9 Å². The van der Waals surface area contributed by atoms with E-state index in [1.54, 1.807) is 17.7 Å². The lowest BCUT2D eigenvalue weighted by molar-refractivity contribution is 0.0404. The van der Waals surface area contributed by atoms with E-state index in [1.165, 1.54) is 4.57 Å². The van der Waals surface area contributed by atoms with Crippen LogP contribution >= 0.6 is 0 Å². The number of aromatic amines is 1. The first-order chi connectivity index (χ1) is 12.0. The van der Waals surface area contributed by atoms with Gasteiger partial charge in [0.1, 0.15) is 0 Å². The van der Waals surface area contributed by atoms with Crippen LogP contribution in [-0.2, 0) is 18.3 Å². The summed E-state index contributed by atoms with van der Waals surface area (Å²) in [6, 6.07) is 0. The minimum atomic E-state index is -0.810. The van der Waals surface area contributed by atoms with Crippen LogP contribution in [-0.4, -0.2) is 56.6 Å². The van der Waals surface area contributed by atoms with Crippen molar-refractivity contribution in [3.8, 4) is 0 Å². The third-order valence-electron chi connectivity index (χ3n) is 4.32. The molecule has 0 bridgehead atoms. The minimum absolute atomic E-state index is 0.120. The Morgan fingerprint density at radius 1 is 1.40 bits per heavy atom. The Morgan fingerprint density at radius 3 is 2.80 bits per heavy atom. The van der Waals surface area contributed by atoms with E-state index in [9.17, 15) is 14.7 Å². The standard InChI is InChI=1S/C16H23N5O4/c1-3-8-25-10-11(22)9-21-12-13(19(2)16(24)18-14(12)23)17-15(21)20-6-4-5-7-20/h3,11,22H,1,4-10H2,2H3,(H,18,23,24). The highest BCUT2D eigenvalue weighted by Crippen LogP contribution is 2.23. The molecule has 3 rings (SSSR count). The molecule has 136 valence electrons. The third kappa shape index (κ3) is 3.38. The van der Waals surface area contributed by atoms with Crippen molar-refractivity contribution in [2.75, 3.05) is 31.2 Å². The number of aromatic nitrogens is 4. The van der Waals surface area contributed by atoms with Gasteiger partial charge in [-0.2, -0.15) is 4.98 Å². The van der Waals surface area contributed by atoms with Crippen LogP contribution in [0.1, 0.15) is 12.8 Å². The highest BCUT2D eigenvalue weighted by atomic mass is 16.5. The molecule has 0 radical (unpaired) electrons. The number of imidazole rings is 1. The number of aryl methyl sites for hydroxylation is 1. The molecule has 1 aliphatic heterocycles. The summed E-state index contributed by atoms with van der Waals surface area (Å²) in [6.07, 6.45) is 2.89. The number of anilines is 1. The number of aliphatic hydroxyl groups excluding tert-OH is 1. The van der Waals surface area contributed by atoms with Gasteiger partial charge in [0.2, 0.25) is 5.95 Å². The first-order valence-corrected chi connectivity index (χ1v) is 8.34. The summed E-state index contributed by atoms with van der Waals surface area (Å²) in [7, 11) is 1.56. The fraction of sp³-hybridized carbons (Fsp3) is 0.562. The fourth-order valence-electron chi connectivity index (χ4n) is 3.11. The number of fused-ring (bicyclic) bond motifs is 1. The molecule has 9 heteroatoms. The largest absolute Gasteiger partial charge is 0.389 e. The second-order valence-corrected chi connectivity index (χ2v) is 6.19. The van der Waals surface area contributed by atoms with Crippen LogP contribution in [0.5, 0.6) is 0 Å². The molecule has 3 heterocycles. The maximum atomic E-state index is 12.4. The Kier molecular flexibility index (Phi) is 5.05. The monoisotopic (exact) mass is 349 g/mol. The van der Waals surface area contributed by atoms with Crippen LogP contribution in [0.25, 0.3) is 11.2 Å². The van der Waals surface area contributed by atoms with E-state index in [0.717, 1.165) is 25.9 Å². The van der Waals surface area contributed by atoms with Gasteiger partial charge in [-0.05, 0) is 12.8 Å². The van der Waals surface area contributed by atoms with Crippen molar-refractivity contribution in [1.82, 2.24) is 19.1 Å². The van der Waals surface area contributed by atoms with E-state index >= 15 is 0 Å². The number of hydrogen-bond donors (Lipinski definition) is 2. The van der Waals surface area contributed by atoms with Gasteiger partial charge in [-0.1, -0.05) is 6.08 Å². The van der Waals surface area contributed by atoms with Crippen molar-refractivity contribution < 1.29 is 9.84 Å². The van der Waals surface area contributed by atoms with Gasteiger partial charge in [0.15, 0.2) is 11.2 Å². The van der Waals surface area contributed by atoms with Crippen molar-refractivity contribution in [1.29, 1.82) is 0 Å². The summed E-state index contributed by atoms with van der Waals surface area (Å²) in [5, 5.41) is 10.3. The number of rotatable bonds is 7. The molecule has 0 aliphatic carbocycles. The average molecular weight is 349 g/mol. The number of ether oxygens (including phenoxy) is 1. The summed E-state index contributed by atoms with van der Waals surface area (Å²) >= 11 is 0. The molecule has 1 unspecified atom stereocenters. The van der Waals surface area contributed by atoms with Gasteiger partial charge < -0.3 is 19.3 Å². The Morgan fingerprint density at radius 2 is 2.12 bits per heavy atom. The van der Waals surface area contributed by atoms with Gasteiger partial charge >= 0.3 is 5.69 Å². The van der Waals surface area contributed by atoms with E-state index in [-0.39, 0.29) is 18.7 Å². The maximum absolute atomic E-state index is 12.4. The van der Waals surface area contributed by atoms with Crippen LogP contribution in [0.4, 0.5) is 5.95 Å². The fourth-order valence-corrected chi connectivity index (χ4v) is 3.11. The van der Waals surface area contributed by atoms with E-state index in [0.29, 0.717) is 18.2 Å². The Bertz CT molecular complexity index is 875. The van der Waals surface area contributed by atoms with Crippen LogP contribution in [0.2, 0.25) is 0 Å². The molecular formula is C16H23N5O4. The van der Waals surface area contributed by atoms with Gasteiger partial charge in [0, 0.05) is 20.1 Å². The number of hydrogen-bond acceptors (Lipinski definition) is 6. The lowest BCUT2D eigenvalue weighted by atomic mass is 10.3. The second kappa shape index (κ2) is 7.24. The second-order valence-electron chi connectivity index (χ2n) is 6.19. The molecule has 1 fully saturated rings. The summed E-state index contributed by atoms with van der Waals surface area (Å²) in [5.74, 6) is 0.599. The predicted octanol–water partition coefficient (Wildman–Crippen LogP) is -0.413. The molecule has 1 saturated heterocycles. The lowest BCUT2D eigenvalue weighted by Crippen LogP contribution is -2.31. The Balaban J connectivity index is 2.05. The molecule has 9 nitrogen and oxygen atoms in total. The molecule has 1 aliphatic rings. The van der Waals surface area contributed by atoms with Crippen molar-refractivity contribution in [3.63, 3.8) is 0 Å². The van der Waals surface area contributed by atoms with E-state index < -0.39 is 17.4 Å².